The number of hydrogen-bond donors (Lipinski definition) is 2. The summed E-state index contributed by atoms with van der Waals surface area (Å²) in [6.45, 7) is 14.5. The minimum absolute atomic E-state index is 0.294. The van der Waals surface area contributed by atoms with Gasteiger partial charge in [-0.15, -0.1) is 0 Å². The Kier molecular flexibility index (Phi) is 7.85. The standard InChI is InChI=1S/C31H40O8/c1-16-22(34)15-21-26(35)24-17(2)23(39-29(36)20-11-9-8-10-12-20)13-14-31(24,7)28(38-19(4)33)27(37-18(3)32)25(16)30(21,5)6/h8-12,21-24,26-28,34-35H,2,13-15H2,1,3-7H3/t21-,22-,23-,24-,26+,27+,28-,31+/m0/s1. The molecule has 2 N–H and O–H groups in total. The summed E-state index contributed by atoms with van der Waals surface area (Å²) in [5.74, 6) is -2.71. The first-order valence-electron chi connectivity index (χ1n) is 13.6. The molecule has 0 radical (unpaired) electrons. The first-order chi connectivity index (χ1) is 18.2. The number of hydrogen-bond acceptors (Lipinski definition) is 8. The second-order valence-electron chi connectivity index (χ2n) is 12.1. The molecule has 3 aliphatic rings. The van der Waals surface area contributed by atoms with Crippen LogP contribution < -0.4 is 0 Å². The number of aliphatic hydroxyl groups excluding tert-OH is 2. The summed E-state index contributed by atoms with van der Waals surface area (Å²) in [4.78, 5) is 37.9. The molecule has 1 aromatic rings. The molecule has 0 aliphatic heterocycles. The molecule has 4 rings (SSSR count). The number of benzene rings is 1. The van der Waals surface area contributed by atoms with Crippen LogP contribution in [0.2, 0.25) is 0 Å². The summed E-state index contributed by atoms with van der Waals surface area (Å²) in [6, 6.07) is 8.66. The van der Waals surface area contributed by atoms with E-state index in [0.717, 1.165) is 0 Å². The van der Waals surface area contributed by atoms with E-state index >= 15 is 0 Å². The minimum atomic E-state index is -1.01. The van der Waals surface area contributed by atoms with Gasteiger partial charge in [0.05, 0.1) is 17.8 Å². The van der Waals surface area contributed by atoms with Gasteiger partial charge in [-0.05, 0) is 66.4 Å². The Morgan fingerprint density at radius 3 is 2.18 bits per heavy atom. The quantitative estimate of drug-likeness (QED) is 0.332. The summed E-state index contributed by atoms with van der Waals surface area (Å²) < 4.78 is 17.8. The lowest BCUT2D eigenvalue weighted by Gasteiger charge is -2.59. The Hall–Kier alpha value is -2.97. The van der Waals surface area contributed by atoms with E-state index in [2.05, 4.69) is 6.58 Å². The highest BCUT2D eigenvalue weighted by atomic mass is 16.6. The molecule has 2 fully saturated rings. The third kappa shape index (κ3) is 5.05. The van der Waals surface area contributed by atoms with Crippen LogP contribution >= 0.6 is 0 Å². The van der Waals surface area contributed by atoms with Crippen molar-refractivity contribution in [3.63, 3.8) is 0 Å². The van der Waals surface area contributed by atoms with Crippen molar-refractivity contribution in [2.45, 2.75) is 91.3 Å². The van der Waals surface area contributed by atoms with Gasteiger partial charge in [-0.3, -0.25) is 9.59 Å². The van der Waals surface area contributed by atoms with Gasteiger partial charge < -0.3 is 24.4 Å². The van der Waals surface area contributed by atoms with Crippen LogP contribution in [0.4, 0.5) is 0 Å². The maximum Gasteiger partial charge on any atom is 0.338 e. The zero-order valence-corrected chi connectivity index (χ0v) is 23.6. The molecule has 8 nitrogen and oxygen atoms in total. The largest absolute Gasteiger partial charge is 0.458 e. The molecule has 0 unspecified atom stereocenters. The predicted molar refractivity (Wildman–Crippen MR) is 143 cm³/mol. The van der Waals surface area contributed by atoms with Crippen molar-refractivity contribution in [1.29, 1.82) is 0 Å². The number of esters is 3. The normalized spacial score (nSPS) is 35.7. The highest BCUT2D eigenvalue weighted by molar-refractivity contribution is 5.89. The molecule has 0 amide bonds. The van der Waals surface area contributed by atoms with E-state index in [1.165, 1.54) is 13.8 Å². The van der Waals surface area contributed by atoms with Gasteiger partial charge >= 0.3 is 17.9 Å². The number of ether oxygens (including phenoxy) is 3. The van der Waals surface area contributed by atoms with E-state index in [1.807, 2.05) is 26.8 Å². The third-order valence-corrected chi connectivity index (χ3v) is 9.30. The maximum absolute atomic E-state index is 12.9. The van der Waals surface area contributed by atoms with E-state index in [9.17, 15) is 24.6 Å². The SMILES string of the molecule is C=C1[C@@H](OC(=O)c2ccccc2)CC[C@@]2(C)[C@@H](OC(C)=O)[C@H](OC(C)=O)C3=C(C)[C@@H](O)C[C@@H]([C@@H](O)[C@H]12)C3(C)C. The molecule has 1 aromatic carbocycles. The number of carbonyl (C=O) groups is 3. The zero-order valence-electron chi connectivity index (χ0n) is 23.6. The molecule has 212 valence electrons. The highest BCUT2D eigenvalue weighted by Gasteiger charge is 2.63. The molecule has 2 bridgehead atoms. The van der Waals surface area contributed by atoms with Gasteiger partial charge in [0.15, 0.2) is 6.10 Å². The van der Waals surface area contributed by atoms with Crippen LogP contribution in [-0.4, -0.2) is 58.6 Å². The van der Waals surface area contributed by atoms with Crippen LogP contribution in [0.5, 0.6) is 0 Å². The van der Waals surface area contributed by atoms with Gasteiger partial charge in [-0.25, -0.2) is 4.79 Å². The second kappa shape index (κ2) is 10.5. The average Bonchev–Trinajstić information content (AvgIpc) is 2.85. The van der Waals surface area contributed by atoms with E-state index in [4.69, 9.17) is 14.2 Å². The lowest BCUT2D eigenvalue weighted by molar-refractivity contribution is -0.196. The Labute approximate surface area is 230 Å². The smallest absolute Gasteiger partial charge is 0.338 e. The zero-order chi connectivity index (χ0) is 28.9. The summed E-state index contributed by atoms with van der Waals surface area (Å²) >= 11 is 0. The first kappa shape index (κ1) is 29.0. The third-order valence-electron chi connectivity index (χ3n) is 9.30. The monoisotopic (exact) mass is 540 g/mol. The van der Waals surface area contributed by atoms with Crippen LogP contribution in [0.3, 0.4) is 0 Å². The predicted octanol–water partition coefficient (Wildman–Crippen LogP) is 4.15. The van der Waals surface area contributed by atoms with Gasteiger partial charge in [0, 0.05) is 25.2 Å². The summed E-state index contributed by atoms with van der Waals surface area (Å²) in [7, 11) is 0. The molecule has 8 atom stereocenters. The number of carbonyl (C=O) groups excluding carboxylic acids is 3. The Bertz CT molecular complexity index is 1180. The van der Waals surface area contributed by atoms with Crippen LogP contribution in [0.1, 0.15) is 71.2 Å². The molecule has 0 spiro atoms. The molecule has 3 aliphatic carbocycles. The maximum atomic E-state index is 12.9. The van der Waals surface area contributed by atoms with Crippen molar-refractivity contribution in [2.75, 3.05) is 0 Å². The van der Waals surface area contributed by atoms with E-state index in [1.54, 1.807) is 31.2 Å². The second-order valence-corrected chi connectivity index (χ2v) is 12.1. The van der Waals surface area contributed by atoms with Gasteiger partial charge in [0.25, 0.3) is 0 Å². The number of aliphatic hydroxyl groups is 2. The van der Waals surface area contributed by atoms with Gasteiger partial charge in [-0.2, -0.15) is 0 Å². The molecular weight excluding hydrogens is 500 g/mol. The summed E-state index contributed by atoms with van der Waals surface area (Å²) in [5, 5.41) is 23.2. The molecule has 0 heterocycles. The number of rotatable bonds is 4. The molecular formula is C31H40O8. The Balaban J connectivity index is 1.85. The van der Waals surface area contributed by atoms with Crippen molar-refractivity contribution in [3.8, 4) is 0 Å². The number of fused-ring (bicyclic) bond motifs is 3. The van der Waals surface area contributed by atoms with Crippen molar-refractivity contribution < 1.29 is 38.8 Å². The fourth-order valence-electron chi connectivity index (χ4n) is 7.40. The van der Waals surface area contributed by atoms with Crippen molar-refractivity contribution in [1.82, 2.24) is 0 Å². The summed E-state index contributed by atoms with van der Waals surface area (Å²) in [6.07, 6.45) is -3.44. The van der Waals surface area contributed by atoms with Crippen molar-refractivity contribution >= 4 is 17.9 Å². The van der Waals surface area contributed by atoms with Gasteiger partial charge in [0.1, 0.15) is 12.2 Å². The average molecular weight is 541 g/mol. The van der Waals surface area contributed by atoms with Crippen molar-refractivity contribution in [3.05, 3.63) is 59.2 Å². The van der Waals surface area contributed by atoms with Gasteiger partial charge in [0.2, 0.25) is 0 Å². The minimum Gasteiger partial charge on any atom is -0.458 e. The molecule has 8 heteroatoms. The van der Waals surface area contributed by atoms with Crippen LogP contribution in [0, 0.1) is 22.7 Å². The topological polar surface area (TPSA) is 119 Å². The highest BCUT2D eigenvalue weighted by Crippen LogP contribution is 2.60. The van der Waals surface area contributed by atoms with Crippen LogP contribution in [-0.2, 0) is 23.8 Å². The van der Waals surface area contributed by atoms with Crippen LogP contribution in [0.15, 0.2) is 53.6 Å². The van der Waals surface area contributed by atoms with Crippen molar-refractivity contribution in [2.24, 2.45) is 22.7 Å². The Morgan fingerprint density at radius 2 is 1.59 bits per heavy atom. The fourth-order valence-corrected chi connectivity index (χ4v) is 7.40. The van der Waals surface area contributed by atoms with Crippen LogP contribution in [0.25, 0.3) is 0 Å². The lowest BCUT2D eigenvalue weighted by atomic mass is 9.49. The Morgan fingerprint density at radius 1 is 0.974 bits per heavy atom. The van der Waals surface area contributed by atoms with E-state index < -0.39 is 71.1 Å². The molecule has 39 heavy (non-hydrogen) atoms. The van der Waals surface area contributed by atoms with E-state index in [-0.39, 0.29) is 0 Å². The van der Waals surface area contributed by atoms with Gasteiger partial charge in [-0.1, -0.05) is 45.5 Å². The fraction of sp³-hybridized carbons (Fsp3) is 0.581. The summed E-state index contributed by atoms with van der Waals surface area (Å²) in [5.41, 5.74) is 0.593. The molecule has 0 aromatic heterocycles. The molecule has 0 saturated heterocycles. The van der Waals surface area contributed by atoms with E-state index in [0.29, 0.717) is 41.5 Å². The lowest BCUT2D eigenvalue weighted by Crippen LogP contribution is -2.63. The first-order valence-corrected chi connectivity index (χ1v) is 13.6. The molecule has 2 saturated carbocycles.